The Labute approximate surface area is 123 Å². The Morgan fingerprint density at radius 1 is 1.38 bits per heavy atom. The second-order valence-electron chi connectivity index (χ2n) is 5.85. The number of carbonyl (C=O) groups excluding carboxylic acids is 1. The molecule has 2 aromatic rings. The van der Waals surface area contributed by atoms with Crippen molar-refractivity contribution in [3.8, 4) is 0 Å². The number of rotatable bonds is 4. The van der Waals surface area contributed by atoms with E-state index in [2.05, 4.69) is 10.3 Å². The van der Waals surface area contributed by atoms with Gasteiger partial charge in [0.05, 0.1) is 5.56 Å². The van der Waals surface area contributed by atoms with Crippen LogP contribution in [0.5, 0.6) is 0 Å². The van der Waals surface area contributed by atoms with Crippen molar-refractivity contribution in [3.05, 3.63) is 30.0 Å². The first kappa shape index (κ1) is 13.9. The number of nitrogens with two attached hydrogens (primary N) is 1. The molecule has 1 heterocycles. The van der Waals surface area contributed by atoms with E-state index >= 15 is 0 Å². The molecule has 5 heteroatoms. The van der Waals surface area contributed by atoms with E-state index in [0.717, 1.165) is 30.2 Å². The molecule has 1 aliphatic rings. The molecule has 1 aromatic carbocycles. The quantitative estimate of drug-likeness (QED) is 0.647. The number of H-pyrrole nitrogens is 1. The molecule has 1 aromatic heterocycles. The minimum absolute atomic E-state index is 0.0876. The molecule has 2 unspecified atom stereocenters. The summed E-state index contributed by atoms with van der Waals surface area (Å²) in [5.74, 6) is 0.619. The fourth-order valence-corrected chi connectivity index (χ4v) is 3.27. The van der Waals surface area contributed by atoms with Gasteiger partial charge in [-0.15, -0.1) is 0 Å². The molecule has 3 rings (SSSR count). The summed E-state index contributed by atoms with van der Waals surface area (Å²) in [7, 11) is 0. The highest BCUT2D eigenvalue weighted by atomic mass is 16.3. The average molecular weight is 287 g/mol. The van der Waals surface area contributed by atoms with E-state index in [1.165, 1.54) is 0 Å². The summed E-state index contributed by atoms with van der Waals surface area (Å²) in [4.78, 5) is 15.4. The predicted octanol–water partition coefficient (Wildman–Crippen LogP) is 1.89. The number of fused-ring (bicyclic) bond motifs is 1. The predicted molar refractivity (Wildman–Crippen MR) is 83.0 cm³/mol. The first-order valence-corrected chi connectivity index (χ1v) is 7.44. The Balaban J connectivity index is 1.71. The second kappa shape index (κ2) is 5.77. The minimum atomic E-state index is -0.0876. The van der Waals surface area contributed by atoms with Gasteiger partial charge in [0, 0.05) is 35.9 Å². The van der Waals surface area contributed by atoms with Gasteiger partial charge in [-0.25, -0.2) is 0 Å². The number of benzene rings is 1. The molecular weight excluding hydrogens is 266 g/mol. The van der Waals surface area contributed by atoms with E-state index in [-0.39, 0.29) is 12.5 Å². The maximum atomic E-state index is 12.3. The molecule has 5 N–H and O–H groups in total. The van der Waals surface area contributed by atoms with Crippen LogP contribution in [0.25, 0.3) is 10.9 Å². The molecule has 0 bridgehead atoms. The van der Waals surface area contributed by atoms with Crippen LogP contribution in [-0.4, -0.2) is 29.1 Å². The van der Waals surface area contributed by atoms with Gasteiger partial charge in [-0.3, -0.25) is 4.79 Å². The van der Waals surface area contributed by atoms with Crippen LogP contribution in [-0.2, 0) is 0 Å². The zero-order valence-corrected chi connectivity index (χ0v) is 11.9. The van der Waals surface area contributed by atoms with Crippen LogP contribution in [0.15, 0.2) is 24.4 Å². The van der Waals surface area contributed by atoms with Gasteiger partial charge in [0.1, 0.15) is 0 Å². The monoisotopic (exact) mass is 287 g/mol. The van der Waals surface area contributed by atoms with Gasteiger partial charge in [-0.1, -0.05) is 6.42 Å². The van der Waals surface area contributed by atoms with Crippen molar-refractivity contribution in [2.75, 3.05) is 18.9 Å². The van der Waals surface area contributed by atoms with E-state index < -0.39 is 0 Å². The number of amides is 1. The summed E-state index contributed by atoms with van der Waals surface area (Å²) in [5, 5.41) is 13.2. The van der Waals surface area contributed by atoms with E-state index in [0.29, 0.717) is 29.6 Å². The summed E-state index contributed by atoms with van der Waals surface area (Å²) in [5.41, 5.74) is 7.96. The van der Waals surface area contributed by atoms with Crippen molar-refractivity contribution in [2.45, 2.75) is 19.3 Å². The SMILES string of the molecule is Nc1ccc2[nH]cc(C(=O)NCC3CCCC3CO)c2c1. The van der Waals surface area contributed by atoms with Gasteiger partial charge in [0.15, 0.2) is 0 Å². The molecule has 0 radical (unpaired) electrons. The van der Waals surface area contributed by atoms with Crippen molar-refractivity contribution in [1.82, 2.24) is 10.3 Å². The molecule has 1 saturated carbocycles. The Morgan fingerprint density at radius 2 is 2.19 bits per heavy atom. The normalized spacial score (nSPS) is 21.8. The van der Waals surface area contributed by atoms with Gasteiger partial charge >= 0.3 is 0 Å². The molecule has 0 aliphatic heterocycles. The van der Waals surface area contributed by atoms with Gasteiger partial charge in [0.2, 0.25) is 0 Å². The van der Waals surface area contributed by atoms with Crippen LogP contribution in [0.3, 0.4) is 0 Å². The van der Waals surface area contributed by atoms with Crippen molar-refractivity contribution in [1.29, 1.82) is 0 Å². The molecule has 21 heavy (non-hydrogen) atoms. The van der Waals surface area contributed by atoms with Crippen LogP contribution >= 0.6 is 0 Å². The second-order valence-corrected chi connectivity index (χ2v) is 5.85. The highest BCUT2D eigenvalue weighted by Gasteiger charge is 2.27. The maximum absolute atomic E-state index is 12.3. The van der Waals surface area contributed by atoms with Crippen LogP contribution in [0.1, 0.15) is 29.6 Å². The Kier molecular flexibility index (Phi) is 3.84. The number of nitrogens with one attached hydrogen (secondary N) is 2. The summed E-state index contributed by atoms with van der Waals surface area (Å²) >= 11 is 0. The van der Waals surface area contributed by atoms with Crippen molar-refractivity contribution >= 4 is 22.5 Å². The first-order valence-electron chi connectivity index (χ1n) is 7.44. The smallest absolute Gasteiger partial charge is 0.253 e. The van der Waals surface area contributed by atoms with Crippen molar-refractivity contribution in [2.24, 2.45) is 11.8 Å². The molecule has 0 saturated heterocycles. The van der Waals surface area contributed by atoms with Gasteiger partial charge < -0.3 is 21.1 Å². The summed E-state index contributed by atoms with van der Waals surface area (Å²) in [6.45, 7) is 0.837. The fraction of sp³-hybridized carbons (Fsp3) is 0.438. The number of aromatic nitrogens is 1. The maximum Gasteiger partial charge on any atom is 0.253 e. The Bertz CT molecular complexity index is 650. The molecule has 112 valence electrons. The van der Waals surface area contributed by atoms with E-state index in [1.54, 1.807) is 6.20 Å². The molecule has 1 aliphatic carbocycles. The lowest BCUT2D eigenvalue weighted by molar-refractivity contribution is 0.0939. The Morgan fingerprint density at radius 3 is 3.00 bits per heavy atom. The molecule has 0 spiro atoms. The molecule has 2 atom stereocenters. The van der Waals surface area contributed by atoms with Crippen LogP contribution in [0.4, 0.5) is 5.69 Å². The number of aliphatic hydroxyl groups is 1. The van der Waals surface area contributed by atoms with Gasteiger partial charge in [0.25, 0.3) is 5.91 Å². The average Bonchev–Trinajstić information content (AvgIpc) is 3.10. The Hall–Kier alpha value is -2.01. The van der Waals surface area contributed by atoms with E-state index in [4.69, 9.17) is 5.73 Å². The lowest BCUT2D eigenvalue weighted by atomic mass is 9.97. The highest BCUT2D eigenvalue weighted by Crippen LogP contribution is 2.30. The van der Waals surface area contributed by atoms with Crippen molar-refractivity contribution < 1.29 is 9.90 Å². The van der Waals surface area contributed by atoms with Crippen LogP contribution < -0.4 is 11.1 Å². The number of aliphatic hydroxyl groups excluding tert-OH is 1. The third kappa shape index (κ3) is 2.74. The highest BCUT2D eigenvalue weighted by molar-refractivity contribution is 6.07. The van der Waals surface area contributed by atoms with Crippen molar-refractivity contribution in [3.63, 3.8) is 0 Å². The minimum Gasteiger partial charge on any atom is -0.399 e. The number of anilines is 1. The lowest BCUT2D eigenvalue weighted by Gasteiger charge is -2.17. The molecule has 1 fully saturated rings. The van der Waals surface area contributed by atoms with Crippen LogP contribution in [0, 0.1) is 11.8 Å². The first-order chi connectivity index (χ1) is 10.2. The summed E-state index contributed by atoms with van der Waals surface area (Å²) < 4.78 is 0. The number of nitrogen functional groups attached to an aromatic ring is 1. The zero-order valence-electron chi connectivity index (χ0n) is 11.9. The molecular formula is C16H21N3O2. The van der Waals surface area contributed by atoms with E-state index in [1.807, 2.05) is 18.2 Å². The van der Waals surface area contributed by atoms with Crippen LogP contribution in [0.2, 0.25) is 0 Å². The third-order valence-corrected chi connectivity index (χ3v) is 4.53. The molecule has 5 nitrogen and oxygen atoms in total. The van der Waals surface area contributed by atoms with Gasteiger partial charge in [-0.05, 0) is 42.9 Å². The zero-order chi connectivity index (χ0) is 14.8. The largest absolute Gasteiger partial charge is 0.399 e. The van der Waals surface area contributed by atoms with Gasteiger partial charge in [-0.2, -0.15) is 0 Å². The number of carbonyl (C=O) groups is 1. The van der Waals surface area contributed by atoms with E-state index in [9.17, 15) is 9.90 Å². The fourth-order valence-electron chi connectivity index (χ4n) is 3.27. The topological polar surface area (TPSA) is 91.1 Å². The number of aromatic amines is 1. The summed E-state index contributed by atoms with van der Waals surface area (Å²) in [6.07, 6.45) is 4.99. The summed E-state index contributed by atoms with van der Waals surface area (Å²) in [6, 6.07) is 5.50. The molecule has 1 amide bonds. The lowest BCUT2D eigenvalue weighted by Crippen LogP contribution is -2.31. The third-order valence-electron chi connectivity index (χ3n) is 4.53. The standard InChI is InChI=1S/C16H21N3O2/c17-12-4-5-15-13(6-12)14(8-18-15)16(21)19-7-10-2-1-3-11(10)9-20/h4-6,8,10-11,18,20H,1-3,7,9,17H2,(H,19,21). The number of hydrogen-bond donors (Lipinski definition) is 4. The number of hydrogen-bond acceptors (Lipinski definition) is 3.